The van der Waals surface area contributed by atoms with Crippen LogP contribution in [0.25, 0.3) is 0 Å². The van der Waals surface area contributed by atoms with Gasteiger partial charge in [-0.25, -0.2) is 0 Å². The van der Waals surface area contributed by atoms with Gasteiger partial charge in [0.15, 0.2) is 0 Å². The van der Waals surface area contributed by atoms with Crippen LogP contribution in [0.1, 0.15) is 20.8 Å². The number of rotatable bonds is 3. The molecule has 1 N–H and O–H groups in total. The summed E-state index contributed by atoms with van der Waals surface area (Å²) in [5, 5.41) is 2.97. The summed E-state index contributed by atoms with van der Waals surface area (Å²) in [5.74, 6) is 0.996. The van der Waals surface area contributed by atoms with Gasteiger partial charge in [-0.15, -0.1) is 0 Å². The molecule has 1 fully saturated rings. The van der Waals surface area contributed by atoms with Gasteiger partial charge in [0.05, 0.1) is 6.04 Å². The first-order valence-corrected chi connectivity index (χ1v) is 5.43. The van der Waals surface area contributed by atoms with Gasteiger partial charge in [0, 0.05) is 17.6 Å². The SMILES string of the molecule is COC(C)C(=O)NC1CSC1(C)C. The molecule has 1 saturated heterocycles. The van der Waals surface area contributed by atoms with E-state index in [0.29, 0.717) is 6.04 Å². The van der Waals surface area contributed by atoms with Crippen LogP contribution in [0.5, 0.6) is 0 Å². The van der Waals surface area contributed by atoms with Crippen LogP contribution in [-0.4, -0.2) is 35.7 Å². The predicted octanol–water partition coefficient (Wildman–Crippen LogP) is 1.03. The molecule has 0 aliphatic carbocycles. The second-order valence-corrected chi connectivity index (χ2v) is 5.53. The summed E-state index contributed by atoms with van der Waals surface area (Å²) in [5.41, 5.74) is 0. The second kappa shape index (κ2) is 3.88. The summed E-state index contributed by atoms with van der Waals surface area (Å²) in [4.78, 5) is 11.4. The lowest BCUT2D eigenvalue weighted by atomic mass is 10.0. The van der Waals surface area contributed by atoms with Crippen molar-refractivity contribution in [1.29, 1.82) is 0 Å². The second-order valence-electron chi connectivity index (χ2n) is 3.85. The largest absolute Gasteiger partial charge is 0.372 e. The van der Waals surface area contributed by atoms with Gasteiger partial charge in [-0.05, 0) is 20.8 Å². The van der Waals surface area contributed by atoms with Crippen molar-refractivity contribution in [1.82, 2.24) is 5.32 Å². The van der Waals surface area contributed by atoms with E-state index in [1.54, 1.807) is 14.0 Å². The van der Waals surface area contributed by atoms with E-state index >= 15 is 0 Å². The summed E-state index contributed by atoms with van der Waals surface area (Å²) in [6.45, 7) is 6.04. The van der Waals surface area contributed by atoms with E-state index in [1.165, 1.54) is 0 Å². The molecule has 76 valence electrons. The van der Waals surface area contributed by atoms with Gasteiger partial charge in [0.2, 0.25) is 5.91 Å². The number of hydrogen-bond donors (Lipinski definition) is 1. The number of hydrogen-bond acceptors (Lipinski definition) is 3. The topological polar surface area (TPSA) is 38.3 Å². The molecule has 0 aromatic heterocycles. The Balaban J connectivity index is 2.37. The smallest absolute Gasteiger partial charge is 0.249 e. The Hall–Kier alpha value is -0.220. The average molecular weight is 203 g/mol. The van der Waals surface area contributed by atoms with Crippen molar-refractivity contribution in [2.75, 3.05) is 12.9 Å². The van der Waals surface area contributed by atoms with Crippen LogP contribution in [0.4, 0.5) is 0 Å². The highest BCUT2D eigenvalue weighted by molar-refractivity contribution is 8.02. The zero-order valence-electron chi connectivity index (χ0n) is 8.59. The summed E-state index contributed by atoms with van der Waals surface area (Å²) in [6, 6.07) is 0.294. The van der Waals surface area contributed by atoms with Crippen molar-refractivity contribution in [3.63, 3.8) is 0 Å². The quantitative estimate of drug-likeness (QED) is 0.744. The number of carbonyl (C=O) groups excluding carboxylic acids is 1. The fourth-order valence-electron chi connectivity index (χ4n) is 1.11. The van der Waals surface area contributed by atoms with Crippen LogP contribution in [0.15, 0.2) is 0 Å². The molecule has 4 heteroatoms. The maximum atomic E-state index is 11.4. The van der Waals surface area contributed by atoms with E-state index < -0.39 is 0 Å². The van der Waals surface area contributed by atoms with Crippen LogP contribution in [-0.2, 0) is 9.53 Å². The Morgan fingerprint density at radius 1 is 1.69 bits per heavy atom. The van der Waals surface area contributed by atoms with Crippen molar-refractivity contribution in [2.24, 2.45) is 0 Å². The Labute approximate surface area is 83.6 Å². The van der Waals surface area contributed by atoms with Gasteiger partial charge in [0.25, 0.3) is 0 Å². The zero-order valence-corrected chi connectivity index (χ0v) is 9.40. The van der Waals surface area contributed by atoms with Crippen molar-refractivity contribution in [3.05, 3.63) is 0 Å². The molecule has 1 rings (SSSR count). The van der Waals surface area contributed by atoms with Crippen molar-refractivity contribution >= 4 is 17.7 Å². The van der Waals surface area contributed by atoms with E-state index in [2.05, 4.69) is 19.2 Å². The molecule has 1 amide bonds. The molecule has 2 unspecified atom stereocenters. The predicted molar refractivity (Wildman–Crippen MR) is 54.9 cm³/mol. The van der Waals surface area contributed by atoms with E-state index in [9.17, 15) is 4.79 Å². The summed E-state index contributed by atoms with van der Waals surface area (Å²) in [6.07, 6.45) is -0.346. The minimum Gasteiger partial charge on any atom is -0.372 e. The first kappa shape index (κ1) is 10.9. The van der Waals surface area contributed by atoms with Crippen LogP contribution in [0.3, 0.4) is 0 Å². The number of thioether (sulfide) groups is 1. The lowest BCUT2D eigenvalue weighted by Crippen LogP contribution is -2.58. The third-order valence-corrected chi connectivity index (χ3v) is 4.03. The molecule has 3 nitrogen and oxygen atoms in total. The summed E-state index contributed by atoms with van der Waals surface area (Å²) >= 11 is 1.88. The highest BCUT2D eigenvalue weighted by Gasteiger charge is 2.40. The third kappa shape index (κ3) is 2.38. The monoisotopic (exact) mass is 203 g/mol. The molecular formula is C9H17NO2S. The summed E-state index contributed by atoms with van der Waals surface area (Å²) < 4.78 is 5.11. The van der Waals surface area contributed by atoms with Gasteiger partial charge in [-0.2, -0.15) is 11.8 Å². The molecule has 0 spiro atoms. The van der Waals surface area contributed by atoms with Crippen molar-refractivity contribution < 1.29 is 9.53 Å². The highest BCUT2D eigenvalue weighted by Crippen LogP contribution is 2.39. The Morgan fingerprint density at radius 2 is 2.31 bits per heavy atom. The molecule has 1 aliphatic rings. The lowest BCUT2D eigenvalue weighted by Gasteiger charge is -2.44. The minimum atomic E-state index is -0.346. The first-order chi connectivity index (χ1) is 5.97. The van der Waals surface area contributed by atoms with Crippen LogP contribution in [0.2, 0.25) is 0 Å². The molecule has 0 saturated carbocycles. The number of nitrogens with one attached hydrogen (secondary N) is 1. The van der Waals surface area contributed by atoms with Crippen LogP contribution >= 0.6 is 11.8 Å². The van der Waals surface area contributed by atoms with Gasteiger partial charge in [-0.3, -0.25) is 4.79 Å². The van der Waals surface area contributed by atoms with Crippen LogP contribution in [0, 0.1) is 0 Å². The third-order valence-electron chi connectivity index (χ3n) is 2.50. The maximum Gasteiger partial charge on any atom is 0.249 e. The van der Waals surface area contributed by atoms with Gasteiger partial charge < -0.3 is 10.1 Å². The minimum absolute atomic E-state index is 0.0131. The maximum absolute atomic E-state index is 11.4. The fraction of sp³-hybridized carbons (Fsp3) is 0.889. The normalized spacial score (nSPS) is 27.5. The van der Waals surface area contributed by atoms with Crippen molar-refractivity contribution in [3.8, 4) is 0 Å². The molecule has 1 heterocycles. The molecular weight excluding hydrogens is 186 g/mol. The number of methoxy groups -OCH3 is 1. The van der Waals surface area contributed by atoms with Gasteiger partial charge >= 0.3 is 0 Å². The number of carbonyl (C=O) groups is 1. The molecule has 13 heavy (non-hydrogen) atoms. The van der Waals surface area contributed by atoms with E-state index in [0.717, 1.165) is 5.75 Å². The zero-order chi connectivity index (χ0) is 10.1. The lowest BCUT2D eigenvalue weighted by molar-refractivity contribution is -0.130. The molecule has 0 aromatic carbocycles. The Morgan fingerprint density at radius 3 is 2.62 bits per heavy atom. The van der Waals surface area contributed by atoms with Gasteiger partial charge in [-0.1, -0.05) is 0 Å². The van der Waals surface area contributed by atoms with E-state index in [-0.39, 0.29) is 16.8 Å². The number of ether oxygens (including phenoxy) is 1. The Bertz CT molecular complexity index is 206. The molecule has 0 bridgehead atoms. The average Bonchev–Trinajstić information content (AvgIpc) is 2.10. The summed E-state index contributed by atoms with van der Waals surface area (Å²) in [7, 11) is 1.55. The highest BCUT2D eigenvalue weighted by atomic mass is 32.2. The molecule has 0 aromatic rings. The molecule has 0 radical (unpaired) electrons. The molecule has 1 aliphatic heterocycles. The number of amides is 1. The van der Waals surface area contributed by atoms with Crippen LogP contribution < -0.4 is 5.32 Å². The standard InChI is InChI=1S/C9H17NO2S/c1-6(12-4)8(11)10-7-5-13-9(7,2)3/h6-7H,5H2,1-4H3,(H,10,11). The fourth-order valence-corrected chi connectivity index (χ4v) is 2.25. The van der Waals surface area contributed by atoms with Gasteiger partial charge in [0.1, 0.15) is 6.10 Å². The first-order valence-electron chi connectivity index (χ1n) is 4.44. The van der Waals surface area contributed by atoms with E-state index in [1.807, 2.05) is 11.8 Å². The van der Waals surface area contributed by atoms with Crippen molar-refractivity contribution in [2.45, 2.75) is 37.7 Å². The Kier molecular flexibility index (Phi) is 3.24. The van der Waals surface area contributed by atoms with E-state index in [4.69, 9.17) is 4.74 Å². The molecule has 2 atom stereocenters.